The molecule has 66 valence electrons. The number of methoxy groups -OCH3 is 1. The lowest BCUT2D eigenvalue weighted by atomic mass is 10.3. The van der Waals surface area contributed by atoms with Crippen LogP contribution in [0.5, 0.6) is 0 Å². The van der Waals surface area contributed by atoms with E-state index < -0.39 is 0 Å². The quantitative estimate of drug-likeness (QED) is 0.611. The van der Waals surface area contributed by atoms with Crippen LogP contribution in [0.3, 0.4) is 0 Å². The number of pyridine rings is 1. The highest BCUT2D eigenvalue weighted by Crippen LogP contribution is 2.05. The van der Waals surface area contributed by atoms with Gasteiger partial charge in [0.25, 0.3) is 0 Å². The Bertz CT molecular complexity index is 448. The number of hydrogen-bond donors (Lipinski definition) is 0. The zero-order valence-corrected chi connectivity index (χ0v) is 7.10. The average Bonchev–Trinajstić information content (AvgIpc) is 2.63. The van der Waals surface area contributed by atoms with Crippen molar-refractivity contribution < 1.29 is 9.53 Å². The van der Waals surface area contributed by atoms with Crippen LogP contribution >= 0.6 is 0 Å². The molecule has 0 saturated carbocycles. The second kappa shape index (κ2) is 2.90. The fraction of sp³-hybridized carbons (Fsp3) is 0.111. The Kier molecular flexibility index (Phi) is 1.73. The van der Waals surface area contributed by atoms with Gasteiger partial charge in [0, 0.05) is 12.4 Å². The van der Waals surface area contributed by atoms with Crippen LogP contribution in [0.25, 0.3) is 5.52 Å². The molecule has 4 heteroatoms. The summed E-state index contributed by atoms with van der Waals surface area (Å²) in [5.74, 6) is -0.350. The topological polar surface area (TPSA) is 43.6 Å². The SMILES string of the molecule is COC(=O)c1ccc2ccnn2c1. The number of nitrogens with zero attached hydrogens (tertiary/aromatic N) is 2. The molecule has 4 nitrogen and oxygen atoms in total. The molecule has 0 spiro atoms. The van der Waals surface area contributed by atoms with Crippen molar-refractivity contribution in [2.24, 2.45) is 0 Å². The van der Waals surface area contributed by atoms with Gasteiger partial charge in [-0.25, -0.2) is 9.31 Å². The van der Waals surface area contributed by atoms with E-state index in [2.05, 4.69) is 9.84 Å². The number of esters is 1. The van der Waals surface area contributed by atoms with Crippen LogP contribution < -0.4 is 0 Å². The van der Waals surface area contributed by atoms with Crippen LogP contribution in [0.15, 0.2) is 30.6 Å². The van der Waals surface area contributed by atoms with E-state index in [9.17, 15) is 4.79 Å². The van der Waals surface area contributed by atoms with Crippen molar-refractivity contribution >= 4 is 11.5 Å². The van der Waals surface area contributed by atoms with Gasteiger partial charge < -0.3 is 4.74 Å². The van der Waals surface area contributed by atoms with Crippen LogP contribution in [0, 0.1) is 0 Å². The molecule has 0 fully saturated rings. The van der Waals surface area contributed by atoms with Crippen molar-refractivity contribution in [2.75, 3.05) is 7.11 Å². The standard InChI is InChI=1S/C9H8N2O2/c1-13-9(12)7-2-3-8-4-5-10-11(8)6-7/h2-6H,1H3. The highest BCUT2D eigenvalue weighted by Gasteiger charge is 2.05. The summed E-state index contributed by atoms with van der Waals surface area (Å²) < 4.78 is 6.21. The molecule has 0 N–H and O–H groups in total. The molecule has 0 bridgehead atoms. The summed E-state index contributed by atoms with van der Waals surface area (Å²) in [4.78, 5) is 11.1. The van der Waals surface area contributed by atoms with Crippen molar-refractivity contribution in [3.05, 3.63) is 36.2 Å². The van der Waals surface area contributed by atoms with E-state index in [0.29, 0.717) is 5.56 Å². The molecule has 0 saturated heterocycles. The zero-order valence-electron chi connectivity index (χ0n) is 7.10. The molecule has 13 heavy (non-hydrogen) atoms. The second-order valence-corrected chi connectivity index (χ2v) is 2.61. The summed E-state index contributed by atoms with van der Waals surface area (Å²) in [5, 5.41) is 4.00. The first-order chi connectivity index (χ1) is 6.31. The number of ether oxygens (including phenoxy) is 1. The molecule has 0 aromatic carbocycles. The molecule has 0 aliphatic heterocycles. The first-order valence-electron chi connectivity index (χ1n) is 3.83. The van der Waals surface area contributed by atoms with E-state index in [1.54, 1.807) is 23.0 Å². The Morgan fingerprint density at radius 2 is 2.31 bits per heavy atom. The molecule has 2 aromatic heterocycles. The van der Waals surface area contributed by atoms with Crippen molar-refractivity contribution in [2.45, 2.75) is 0 Å². The van der Waals surface area contributed by atoms with Gasteiger partial charge in [-0.05, 0) is 18.2 Å². The number of carbonyl (C=O) groups excluding carboxylic acids is 1. The molecule has 0 amide bonds. The molecular weight excluding hydrogens is 168 g/mol. The monoisotopic (exact) mass is 176 g/mol. The van der Waals surface area contributed by atoms with Gasteiger partial charge in [-0.15, -0.1) is 0 Å². The van der Waals surface area contributed by atoms with Gasteiger partial charge in [0.2, 0.25) is 0 Å². The minimum absolute atomic E-state index is 0.350. The van der Waals surface area contributed by atoms with Crippen LogP contribution in [-0.2, 0) is 4.74 Å². The lowest BCUT2D eigenvalue weighted by molar-refractivity contribution is 0.0600. The van der Waals surface area contributed by atoms with Gasteiger partial charge in [0.05, 0.1) is 18.2 Å². The Labute approximate surface area is 74.7 Å². The summed E-state index contributed by atoms with van der Waals surface area (Å²) in [5.41, 5.74) is 1.45. The maximum Gasteiger partial charge on any atom is 0.339 e. The third kappa shape index (κ3) is 1.26. The van der Waals surface area contributed by atoms with E-state index >= 15 is 0 Å². The second-order valence-electron chi connectivity index (χ2n) is 2.61. The smallest absolute Gasteiger partial charge is 0.339 e. The highest BCUT2D eigenvalue weighted by atomic mass is 16.5. The third-order valence-corrected chi connectivity index (χ3v) is 1.82. The minimum Gasteiger partial charge on any atom is -0.465 e. The maximum atomic E-state index is 11.1. The normalized spacial score (nSPS) is 10.2. The summed E-state index contributed by atoms with van der Waals surface area (Å²) >= 11 is 0. The van der Waals surface area contributed by atoms with Gasteiger partial charge in [-0.3, -0.25) is 0 Å². The summed E-state index contributed by atoms with van der Waals surface area (Å²) in [7, 11) is 1.36. The predicted molar refractivity (Wildman–Crippen MR) is 46.5 cm³/mol. The Morgan fingerprint density at radius 3 is 3.08 bits per heavy atom. The lowest BCUT2D eigenvalue weighted by Gasteiger charge is -1.98. The third-order valence-electron chi connectivity index (χ3n) is 1.82. The van der Waals surface area contributed by atoms with Gasteiger partial charge in [0.15, 0.2) is 0 Å². The molecule has 0 aliphatic carbocycles. The average molecular weight is 176 g/mol. The van der Waals surface area contributed by atoms with Crippen LogP contribution in [0.1, 0.15) is 10.4 Å². The van der Waals surface area contributed by atoms with Crippen molar-refractivity contribution in [3.63, 3.8) is 0 Å². The predicted octanol–water partition coefficient (Wildman–Crippen LogP) is 1.12. The Morgan fingerprint density at radius 1 is 1.46 bits per heavy atom. The Balaban J connectivity index is 2.54. The van der Waals surface area contributed by atoms with Crippen molar-refractivity contribution in [3.8, 4) is 0 Å². The summed E-state index contributed by atoms with van der Waals surface area (Å²) in [6.45, 7) is 0. The van der Waals surface area contributed by atoms with Crippen molar-refractivity contribution in [1.82, 2.24) is 9.61 Å². The molecule has 0 aliphatic rings. The van der Waals surface area contributed by atoms with E-state index in [4.69, 9.17) is 0 Å². The summed E-state index contributed by atoms with van der Waals surface area (Å²) in [6, 6.07) is 5.39. The highest BCUT2D eigenvalue weighted by molar-refractivity contribution is 5.89. The number of hydrogen-bond acceptors (Lipinski definition) is 3. The molecule has 2 aromatic rings. The van der Waals surface area contributed by atoms with Crippen molar-refractivity contribution in [1.29, 1.82) is 0 Å². The minimum atomic E-state index is -0.350. The molecule has 0 radical (unpaired) electrons. The Hall–Kier alpha value is -1.84. The largest absolute Gasteiger partial charge is 0.465 e. The van der Waals surface area contributed by atoms with Gasteiger partial charge in [0.1, 0.15) is 0 Å². The molecule has 2 rings (SSSR count). The van der Waals surface area contributed by atoms with Gasteiger partial charge in [-0.1, -0.05) is 0 Å². The molecule has 0 unspecified atom stereocenters. The van der Waals surface area contributed by atoms with Gasteiger partial charge >= 0.3 is 5.97 Å². The van der Waals surface area contributed by atoms with Crippen LogP contribution in [0.4, 0.5) is 0 Å². The van der Waals surface area contributed by atoms with E-state index in [1.807, 2.05) is 12.1 Å². The van der Waals surface area contributed by atoms with Crippen LogP contribution in [-0.4, -0.2) is 22.7 Å². The number of aromatic nitrogens is 2. The number of fused-ring (bicyclic) bond motifs is 1. The fourth-order valence-electron chi connectivity index (χ4n) is 1.15. The zero-order chi connectivity index (χ0) is 9.26. The van der Waals surface area contributed by atoms with E-state index in [-0.39, 0.29) is 5.97 Å². The maximum absolute atomic E-state index is 11.1. The molecule has 0 atom stereocenters. The first-order valence-corrected chi connectivity index (χ1v) is 3.83. The lowest BCUT2D eigenvalue weighted by Crippen LogP contribution is -2.02. The van der Waals surface area contributed by atoms with Crippen LogP contribution in [0.2, 0.25) is 0 Å². The van der Waals surface area contributed by atoms with E-state index in [1.165, 1.54) is 7.11 Å². The first kappa shape index (κ1) is 7.79. The summed E-state index contributed by atoms with van der Waals surface area (Å²) in [6.07, 6.45) is 3.32. The molecule has 2 heterocycles. The molecular formula is C9H8N2O2. The van der Waals surface area contributed by atoms with Gasteiger partial charge in [-0.2, -0.15) is 5.10 Å². The van der Waals surface area contributed by atoms with E-state index in [0.717, 1.165) is 5.52 Å². The number of carbonyl (C=O) groups is 1. The number of rotatable bonds is 1. The fourth-order valence-corrected chi connectivity index (χ4v) is 1.15.